The topological polar surface area (TPSA) is 55.1 Å². The zero-order chi connectivity index (χ0) is 17.9. The number of carbonyl (C=O) groups is 1. The van der Waals surface area contributed by atoms with E-state index in [9.17, 15) is 4.79 Å². The first-order valence-corrected chi connectivity index (χ1v) is 9.89. The third-order valence-corrected chi connectivity index (χ3v) is 5.70. The predicted octanol–water partition coefficient (Wildman–Crippen LogP) is 5.62. The molecule has 1 amide bonds. The van der Waals surface area contributed by atoms with Crippen molar-refractivity contribution in [3.05, 3.63) is 70.7 Å². The number of para-hydroxylation sites is 1. The van der Waals surface area contributed by atoms with Crippen molar-refractivity contribution in [1.29, 1.82) is 0 Å². The molecule has 4 rings (SSSR count). The molecular weight excluding hydrogens is 364 g/mol. The Morgan fingerprint density at radius 1 is 1.04 bits per heavy atom. The third-order valence-electron chi connectivity index (χ3n) is 3.94. The van der Waals surface area contributed by atoms with Gasteiger partial charge in [0, 0.05) is 16.1 Å². The first-order valence-electron chi connectivity index (χ1n) is 8.13. The van der Waals surface area contributed by atoms with E-state index in [0.29, 0.717) is 17.3 Å². The van der Waals surface area contributed by atoms with Crippen LogP contribution in [0.5, 0.6) is 0 Å². The van der Waals surface area contributed by atoms with E-state index in [4.69, 9.17) is 4.42 Å². The van der Waals surface area contributed by atoms with Crippen LogP contribution in [0.1, 0.15) is 11.5 Å². The Kier molecular flexibility index (Phi) is 4.69. The number of thiophene rings is 2. The monoisotopic (exact) mass is 380 g/mol. The second-order valence-electron chi connectivity index (χ2n) is 5.75. The highest BCUT2D eigenvalue weighted by Crippen LogP contribution is 2.31. The molecule has 3 heterocycles. The Bertz CT molecular complexity index is 1020. The molecule has 1 aromatic carbocycles. The molecule has 0 radical (unpaired) electrons. The number of nitrogens with one attached hydrogen (secondary N) is 1. The fourth-order valence-electron chi connectivity index (χ4n) is 2.68. The van der Waals surface area contributed by atoms with E-state index in [1.54, 1.807) is 22.7 Å². The summed E-state index contributed by atoms with van der Waals surface area (Å²) in [6.45, 7) is 1.84. The minimum Gasteiger partial charge on any atom is -0.440 e. The first-order chi connectivity index (χ1) is 12.7. The van der Waals surface area contributed by atoms with Gasteiger partial charge >= 0.3 is 0 Å². The zero-order valence-corrected chi connectivity index (χ0v) is 15.7. The molecule has 130 valence electrons. The van der Waals surface area contributed by atoms with Crippen LogP contribution in [0.3, 0.4) is 0 Å². The van der Waals surface area contributed by atoms with Crippen LogP contribution < -0.4 is 5.32 Å². The van der Waals surface area contributed by atoms with Crippen molar-refractivity contribution in [1.82, 2.24) is 4.98 Å². The molecule has 4 aromatic rings. The molecule has 0 atom stereocenters. The Labute approximate surface area is 159 Å². The number of amides is 1. The van der Waals surface area contributed by atoms with Crippen molar-refractivity contribution in [2.24, 2.45) is 0 Å². The van der Waals surface area contributed by atoms with Gasteiger partial charge < -0.3 is 9.73 Å². The van der Waals surface area contributed by atoms with Crippen molar-refractivity contribution in [2.75, 3.05) is 5.32 Å². The van der Waals surface area contributed by atoms with Gasteiger partial charge in [0.25, 0.3) is 0 Å². The van der Waals surface area contributed by atoms with Gasteiger partial charge in [-0.15, -0.1) is 22.7 Å². The fourth-order valence-corrected chi connectivity index (χ4v) is 4.10. The van der Waals surface area contributed by atoms with E-state index >= 15 is 0 Å². The fraction of sp³-hybridized carbons (Fsp3) is 0.100. The summed E-state index contributed by atoms with van der Waals surface area (Å²) in [5.74, 6) is 1.14. The van der Waals surface area contributed by atoms with Crippen LogP contribution >= 0.6 is 22.7 Å². The molecule has 4 nitrogen and oxygen atoms in total. The highest BCUT2D eigenvalue weighted by Gasteiger charge is 2.16. The molecule has 0 unspecified atom stereocenters. The third kappa shape index (κ3) is 3.47. The lowest BCUT2D eigenvalue weighted by atomic mass is 10.1. The lowest BCUT2D eigenvalue weighted by Gasteiger charge is -2.09. The number of anilines is 1. The number of oxazole rings is 1. The van der Waals surface area contributed by atoms with Crippen LogP contribution in [0.25, 0.3) is 21.2 Å². The smallest absolute Gasteiger partial charge is 0.236 e. The highest BCUT2D eigenvalue weighted by molar-refractivity contribution is 7.13. The van der Waals surface area contributed by atoms with Gasteiger partial charge in [-0.05, 0) is 35.9 Å². The number of aryl methyl sites for hydroxylation is 1. The van der Waals surface area contributed by atoms with Crippen molar-refractivity contribution < 1.29 is 9.21 Å². The minimum atomic E-state index is -0.108. The average molecular weight is 380 g/mol. The molecule has 0 aliphatic heterocycles. The number of nitrogens with zero attached hydrogens (tertiary/aromatic N) is 1. The molecule has 0 bridgehead atoms. The zero-order valence-electron chi connectivity index (χ0n) is 14.1. The van der Waals surface area contributed by atoms with E-state index in [1.807, 2.05) is 66.2 Å². The first kappa shape index (κ1) is 16.8. The van der Waals surface area contributed by atoms with Crippen molar-refractivity contribution in [3.63, 3.8) is 0 Å². The number of benzene rings is 1. The van der Waals surface area contributed by atoms with Gasteiger partial charge in [0.1, 0.15) is 5.76 Å². The number of aromatic nitrogens is 1. The standard InChI is InChI=1S/C20H16N2O2S2/c1-13-16(22-20(24-13)18-9-5-11-26-18)12-19(23)21-15-7-3-2-6-14(15)17-8-4-10-25-17/h2-11H,12H2,1H3,(H,21,23). The Balaban J connectivity index is 1.52. The summed E-state index contributed by atoms with van der Waals surface area (Å²) in [4.78, 5) is 19.1. The summed E-state index contributed by atoms with van der Waals surface area (Å²) in [5.41, 5.74) is 2.49. The summed E-state index contributed by atoms with van der Waals surface area (Å²) in [6.07, 6.45) is 0.180. The normalized spacial score (nSPS) is 10.8. The number of carbonyl (C=O) groups excluding carboxylic acids is 1. The Morgan fingerprint density at radius 3 is 2.50 bits per heavy atom. The maximum atomic E-state index is 12.6. The van der Waals surface area contributed by atoms with Gasteiger partial charge in [-0.3, -0.25) is 4.79 Å². The number of rotatable bonds is 5. The lowest BCUT2D eigenvalue weighted by molar-refractivity contribution is -0.115. The van der Waals surface area contributed by atoms with Crippen LogP contribution in [0.2, 0.25) is 0 Å². The molecule has 3 aromatic heterocycles. The summed E-state index contributed by atoms with van der Waals surface area (Å²) in [7, 11) is 0. The minimum absolute atomic E-state index is 0.108. The van der Waals surface area contributed by atoms with Gasteiger partial charge in [0.15, 0.2) is 0 Å². The Morgan fingerprint density at radius 2 is 1.77 bits per heavy atom. The number of hydrogen-bond donors (Lipinski definition) is 1. The van der Waals surface area contributed by atoms with Crippen LogP contribution in [-0.4, -0.2) is 10.9 Å². The molecule has 26 heavy (non-hydrogen) atoms. The van der Waals surface area contributed by atoms with Crippen molar-refractivity contribution in [2.45, 2.75) is 13.3 Å². The summed E-state index contributed by atoms with van der Waals surface area (Å²) in [5, 5.41) is 7.01. The van der Waals surface area contributed by atoms with E-state index in [2.05, 4.69) is 10.3 Å². The SMILES string of the molecule is Cc1oc(-c2cccs2)nc1CC(=O)Nc1ccccc1-c1cccs1. The van der Waals surface area contributed by atoms with E-state index in [-0.39, 0.29) is 12.3 Å². The summed E-state index contributed by atoms with van der Waals surface area (Å²) in [6, 6.07) is 15.8. The summed E-state index contributed by atoms with van der Waals surface area (Å²) >= 11 is 3.21. The quantitative estimate of drug-likeness (QED) is 0.489. The predicted molar refractivity (Wildman–Crippen MR) is 107 cm³/mol. The van der Waals surface area contributed by atoms with Crippen LogP contribution in [-0.2, 0) is 11.2 Å². The Hall–Kier alpha value is -2.70. The van der Waals surface area contributed by atoms with Crippen LogP contribution in [0.4, 0.5) is 5.69 Å². The van der Waals surface area contributed by atoms with Crippen molar-refractivity contribution >= 4 is 34.3 Å². The van der Waals surface area contributed by atoms with Gasteiger partial charge in [0.05, 0.1) is 17.0 Å². The van der Waals surface area contributed by atoms with E-state index in [1.165, 1.54) is 0 Å². The molecule has 0 fully saturated rings. The van der Waals surface area contributed by atoms with Crippen LogP contribution in [0, 0.1) is 6.92 Å². The highest BCUT2D eigenvalue weighted by atomic mass is 32.1. The van der Waals surface area contributed by atoms with E-state index < -0.39 is 0 Å². The molecule has 0 saturated heterocycles. The molecule has 0 spiro atoms. The van der Waals surface area contributed by atoms with Gasteiger partial charge in [0.2, 0.25) is 11.8 Å². The van der Waals surface area contributed by atoms with Crippen LogP contribution in [0.15, 0.2) is 63.7 Å². The molecular formula is C20H16N2O2S2. The van der Waals surface area contributed by atoms with E-state index in [0.717, 1.165) is 21.0 Å². The van der Waals surface area contributed by atoms with Gasteiger partial charge in [-0.1, -0.05) is 30.3 Å². The maximum absolute atomic E-state index is 12.6. The lowest BCUT2D eigenvalue weighted by Crippen LogP contribution is -2.15. The van der Waals surface area contributed by atoms with Gasteiger partial charge in [-0.25, -0.2) is 4.98 Å². The second-order valence-corrected chi connectivity index (χ2v) is 7.64. The average Bonchev–Trinajstić information content (AvgIpc) is 3.37. The second kappa shape index (κ2) is 7.27. The molecule has 0 aliphatic carbocycles. The molecule has 0 saturated carbocycles. The molecule has 1 N–H and O–H groups in total. The molecule has 6 heteroatoms. The van der Waals surface area contributed by atoms with Crippen molar-refractivity contribution in [3.8, 4) is 21.2 Å². The maximum Gasteiger partial charge on any atom is 0.236 e. The summed E-state index contributed by atoms with van der Waals surface area (Å²) < 4.78 is 5.71. The molecule has 0 aliphatic rings. The largest absolute Gasteiger partial charge is 0.440 e. The number of hydrogen-bond acceptors (Lipinski definition) is 5. The van der Waals surface area contributed by atoms with Gasteiger partial charge in [-0.2, -0.15) is 0 Å².